The molecule has 1 spiro atoms. The summed E-state index contributed by atoms with van der Waals surface area (Å²) in [6.07, 6.45) is 3.59. The summed E-state index contributed by atoms with van der Waals surface area (Å²) in [4.78, 5) is 0. The maximum atomic E-state index is 5.26. The highest BCUT2D eigenvalue weighted by atomic mass is 32.1. The average molecular weight is 227 g/mol. The van der Waals surface area contributed by atoms with Gasteiger partial charge in [0.2, 0.25) is 0 Å². The van der Waals surface area contributed by atoms with Gasteiger partial charge in [0.05, 0.1) is 0 Å². The van der Waals surface area contributed by atoms with E-state index in [1.807, 2.05) is 12.1 Å². The molecule has 0 aromatic carbocycles. The molecule has 0 radical (unpaired) electrons. The van der Waals surface area contributed by atoms with Gasteiger partial charge < -0.3 is 5.32 Å². The number of hydrazine groups is 1. The smallest absolute Gasteiger partial charge is 0.184 e. The minimum Gasteiger partial charge on any atom is -0.342 e. The van der Waals surface area contributed by atoms with E-state index in [0.29, 0.717) is 5.41 Å². The summed E-state index contributed by atoms with van der Waals surface area (Å²) < 4.78 is 0. The van der Waals surface area contributed by atoms with Crippen LogP contribution in [-0.2, 0) is 0 Å². The van der Waals surface area contributed by atoms with Gasteiger partial charge in [0.25, 0.3) is 0 Å². The van der Waals surface area contributed by atoms with Crippen LogP contribution >= 0.6 is 12.2 Å². The molecule has 2 aliphatic rings. The van der Waals surface area contributed by atoms with Gasteiger partial charge in [-0.15, -0.1) is 0 Å². The van der Waals surface area contributed by atoms with Crippen LogP contribution in [0.2, 0.25) is 0 Å². The van der Waals surface area contributed by atoms with Crippen molar-refractivity contribution < 1.29 is 0 Å². The second kappa shape index (κ2) is 3.32. The van der Waals surface area contributed by atoms with Gasteiger partial charge >= 0.3 is 0 Å². The lowest BCUT2D eigenvalue weighted by atomic mass is 9.68. The van der Waals surface area contributed by atoms with E-state index in [0.717, 1.165) is 23.9 Å². The second-order valence-corrected chi connectivity index (χ2v) is 6.42. The van der Waals surface area contributed by atoms with Gasteiger partial charge in [-0.05, 0) is 42.8 Å². The SMILES string of the molecule is C[C@H]1CC(C)(C)C[C@]2(C1)NC(=S)N(C)N2. The number of nitrogens with zero attached hydrogens (tertiary/aromatic N) is 1. The molecule has 3 nitrogen and oxygen atoms in total. The number of hydrogen-bond donors (Lipinski definition) is 2. The van der Waals surface area contributed by atoms with E-state index >= 15 is 0 Å². The van der Waals surface area contributed by atoms with Gasteiger partial charge in [-0.25, -0.2) is 5.43 Å². The Labute approximate surface area is 97.6 Å². The molecule has 1 aliphatic carbocycles. The molecular formula is C11H21N3S. The van der Waals surface area contributed by atoms with Crippen LogP contribution in [0.25, 0.3) is 0 Å². The largest absolute Gasteiger partial charge is 0.342 e. The fourth-order valence-electron chi connectivity index (χ4n) is 3.44. The molecule has 15 heavy (non-hydrogen) atoms. The summed E-state index contributed by atoms with van der Waals surface area (Å²) in [5, 5.41) is 6.20. The Morgan fingerprint density at radius 1 is 1.40 bits per heavy atom. The topological polar surface area (TPSA) is 27.3 Å². The summed E-state index contributed by atoms with van der Waals surface area (Å²) in [6, 6.07) is 0. The number of nitrogens with one attached hydrogen (secondary N) is 2. The number of thiocarbonyl (C=S) groups is 1. The van der Waals surface area contributed by atoms with Gasteiger partial charge in [0.1, 0.15) is 5.66 Å². The quantitative estimate of drug-likeness (QED) is 0.618. The first kappa shape index (κ1) is 11.1. The van der Waals surface area contributed by atoms with Crippen molar-refractivity contribution >= 4 is 17.3 Å². The Hall–Kier alpha value is -0.350. The zero-order valence-electron chi connectivity index (χ0n) is 10.1. The maximum Gasteiger partial charge on any atom is 0.184 e. The molecule has 1 heterocycles. The van der Waals surface area contributed by atoms with Gasteiger partial charge in [-0.2, -0.15) is 0 Å². The van der Waals surface area contributed by atoms with Crippen molar-refractivity contribution in [3.63, 3.8) is 0 Å². The molecule has 4 heteroatoms. The molecule has 2 atom stereocenters. The summed E-state index contributed by atoms with van der Waals surface area (Å²) in [7, 11) is 1.98. The first-order chi connectivity index (χ1) is 6.82. The molecule has 0 unspecified atom stereocenters. The van der Waals surface area contributed by atoms with E-state index in [2.05, 4.69) is 31.5 Å². The maximum absolute atomic E-state index is 5.26. The zero-order valence-corrected chi connectivity index (χ0v) is 10.9. The van der Waals surface area contributed by atoms with Crippen molar-refractivity contribution in [2.45, 2.75) is 45.7 Å². The predicted molar refractivity (Wildman–Crippen MR) is 66.2 cm³/mol. The van der Waals surface area contributed by atoms with E-state index in [4.69, 9.17) is 12.2 Å². The Morgan fingerprint density at radius 2 is 2.07 bits per heavy atom. The molecule has 86 valence electrons. The lowest BCUT2D eigenvalue weighted by Gasteiger charge is -2.45. The fraction of sp³-hybridized carbons (Fsp3) is 0.909. The molecule has 1 saturated carbocycles. The molecule has 0 amide bonds. The van der Waals surface area contributed by atoms with E-state index in [1.165, 1.54) is 6.42 Å². The molecule has 2 fully saturated rings. The molecule has 1 aliphatic heterocycles. The number of hydrogen-bond acceptors (Lipinski definition) is 2. The Morgan fingerprint density at radius 3 is 2.53 bits per heavy atom. The fourth-order valence-corrected chi connectivity index (χ4v) is 3.68. The van der Waals surface area contributed by atoms with Gasteiger partial charge in [-0.3, -0.25) is 5.01 Å². The molecule has 0 aromatic heterocycles. The van der Waals surface area contributed by atoms with E-state index in [-0.39, 0.29) is 5.66 Å². The molecule has 1 saturated heterocycles. The minimum atomic E-state index is 0.00694. The van der Waals surface area contributed by atoms with Crippen molar-refractivity contribution in [1.29, 1.82) is 0 Å². The Kier molecular flexibility index (Phi) is 2.47. The Bertz CT molecular complexity index is 290. The molecule has 2 N–H and O–H groups in total. The molecular weight excluding hydrogens is 206 g/mol. The van der Waals surface area contributed by atoms with E-state index in [1.54, 1.807) is 0 Å². The van der Waals surface area contributed by atoms with Gasteiger partial charge in [0, 0.05) is 7.05 Å². The van der Waals surface area contributed by atoms with Crippen LogP contribution in [0.4, 0.5) is 0 Å². The monoisotopic (exact) mass is 227 g/mol. The molecule has 0 bridgehead atoms. The van der Waals surface area contributed by atoms with Crippen LogP contribution in [0.5, 0.6) is 0 Å². The van der Waals surface area contributed by atoms with Crippen LogP contribution in [0.1, 0.15) is 40.0 Å². The van der Waals surface area contributed by atoms with Crippen molar-refractivity contribution in [3.8, 4) is 0 Å². The van der Waals surface area contributed by atoms with Crippen LogP contribution < -0.4 is 10.7 Å². The van der Waals surface area contributed by atoms with Crippen LogP contribution in [0.3, 0.4) is 0 Å². The summed E-state index contributed by atoms with van der Waals surface area (Å²) in [5.74, 6) is 0.739. The van der Waals surface area contributed by atoms with Crippen LogP contribution in [0, 0.1) is 11.3 Å². The van der Waals surface area contributed by atoms with Crippen molar-refractivity contribution in [2.24, 2.45) is 11.3 Å². The van der Waals surface area contributed by atoms with Crippen LogP contribution in [-0.4, -0.2) is 22.8 Å². The zero-order chi connectivity index (χ0) is 11.3. The minimum absolute atomic E-state index is 0.00694. The second-order valence-electron chi connectivity index (χ2n) is 6.04. The summed E-state index contributed by atoms with van der Waals surface area (Å²) in [6.45, 7) is 7.01. The first-order valence-electron chi connectivity index (χ1n) is 5.66. The lowest BCUT2D eigenvalue weighted by molar-refractivity contribution is 0.0609. The lowest BCUT2D eigenvalue weighted by Crippen LogP contribution is -2.57. The Balaban J connectivity index is 2.19. The van der Waals surface area contributed by atoms with Crippen molar-refractivity contribution in [2.75, 3.05) is 7.05 Å². The first-order valence-corrected chi connectivity index (χ1v) is 6.06. The third-order valence-corrected chi connectivity index (χ3v) is 3.79. The van der Waals surface area contributed by atoms with E-state index < -0.39 is 0 Å². The average Bonchev–Trinajstić information content (AvgIpc) is 2.20. The summed E-state index contributed by atoms with van der Waals surface area (Å²) >= 11 is 5.26. The van der Waals surface area contributed by atoms with Crippen LogP contribution in [0.15, 0.2) is 0 Å². The van der Waals surface area contributed by atoms with Gasteiger partial charge in [0.15, 0.2) is 5.11 Å². The highest BCUT2D eigenvalue weighted by Gasteiger charge is 2.47. The number of rotatable bonds is 0. The predicted octanol–water partition coefficient (Wildman–Crippen LogP) is 1.85. The third kappa shape index (κ3) is 2.11. The van der Waals surface area contributed by atoms with Crippen molar-refractivity contribution in [3.05, 3.63) is 0 Å². The standard InChI is InChI=1S/C11H21N3S/c1-8-5-10(2,3)7-11(6-8)12-9(15)14(4)13-11/h8,13H,5-7H2,1-4H3,(H,12,15)/t8-,11+/m0/s1. The van der Waals surface area contributed by atoms with Gasteiger partial charge in [-0.1, -0.05) is 20.8 Å². The van der Waals surface area contributed by atoms with Crippen molar-refractivity contribution in [1.82, 2.24) is 15.8 Å². The molecule has 2 rings (SSSR count). The highest BCUT2D eigenvalue weighted by Crippen LogP contribution is 2.43. The normalized spacial score (nSPS) is 39.6. The van der Waals surface area contributed by atoms with E-state index in [9.17, 15) is 0 Å². The highest BCUT2D eigenvalue weighted by molar-refractivity contribution is 7.80. The third-order valence-electron chi connectivity index (χ3n) is 3.41. The molecule has 0 aromatic rings. The summed E-state index contributed by atoms with van der Waals surface area (Å²) in [5.41, 5.74) is 3.88.